The highest BCUT2D eigenvalue weighted by molar-refractivity contribution is 5.76. The fourth-order valence-electron chi connectivity index (χ4n) is 11.1. The zero-order valence-electron chi connectivity index (χ0n) is 51.3. The Morgan fingerprint density at radius 1 is 0.320 bits per heavy atom. The van der Waals surface area contributed by atoms with Crippen LogP contribution in [0.1, 0.15) is 393 Å². The van der Waals surface area contributed by atoms with Gasteiger partial charge in [0.25, 0.3) is 0 Å². The highest BCUT2D eigenvalue weighted by Crippen LogP contribution is 2.19. The van der Waals surface area contributed by atoms with Gasteiger partial charge in [0, 0.05) is 6.42 Å². The molecule has 3 N–H and O–H groups in total. The summed E-state index contributed by atoms with van der Waals surface area (Å²) >= 11 is 0. The SMILES string of the molecule is CCCCCCC/C=C\C/C=C\C/C=C\CCCCCCCCCCCCCCCCCCCCCCCCC(=O)NC(CO)C(O)CCCCCCCCCCCCCCCCCCCCCCCCCCCC. The Balaban J connectivity index is 3.39. The van der Waals surface area contributed by atoms with Crippen LogP contribution in [0.15, 0.2) is 36.5 Å². The molecule has 0 aliphatic carbocycles. The van der Waals surface area contributed by atoms with Crippen molar-refractivity contribution in [2.45, 2.75) is 405 Å². The van der Waals surface area contributed by atoms with Gasteiger partial charge in [-0.15, -0.1) is 0 Å². The Bertz CT molecular complexity index is 1150. The van der Waals surface area contributed by atoms with Crippen LogP contribution in [-0.2, 0) is 4.79 Å². The maximum atomic E-state index is 12.6. The van der Waals surface area contributed by atoms with Crippen LogP contribution in [-0.4, -0.2) is 34.9 Å². The van der Waals surface area contributed by atoms with Crippen LogP contribution in [0.3, 0.4) is 0 Å². The quantitative estimate of drug-likeness (QED) is 0.0420. The molecule has 0 aromatic rings. The molecule has 0 saturated heterocycles. The number of carbonyl (C=O) groups excluding carboxylic acids is 1. The second-order valence-corrected chi connectivity index (χ2v) is 24.0. The third kappa shape index (κ3) is 63.3. The first kappa shape index (κ1) is 73.6. The largest absolute Gasteiger partial charge is 0.394 e. The summed E-state index contributed by atoms with van der Waals surface area (Å²) in [4.78, 5) is 12.6. The van der Waals surface area contributed by atoms with Gasteiger partial charge in [0.1, 0.15) is 0 Å². The van der Waals surface area contributed by atoms with Crippen molar-refractivity contribution in [3.8, 4) is 0 Å². The van der Waals surface area contributed by atoms with Crippen molar-refractivity contribution in [3.63, 3.8) is 0 Å². The topological polar surface area (TPSA) is 69.6 Å². The summed E-state index contributed by atoms with van der Waals surface area (Å²) in [5.41, 5.74) is 0. The molecule has 0 radical (unpaired) electrons. The normalized spacial score (nSPS) is 12.9. The second-order valence-electron chi connectivity index (χ2n) is 24.0. The molecule has 444 valence electrons. The number of amides is 1. The van der Waals surface area contributed by atoms with E-state index in [1.54, 1.807) is 0 Å². The number of unbranched alkanes of at least 4 members (excludes halogenated alkanes) is 52. The molecule has 0 aromatic heterocycles. The average molecular weight is 1050 g/mol. The fourth-order valence-corrected chi connectivity index (χ4v) is 11.1. The molecule has 0 aliphatic heterocycles. The Labute approximate surface area is 472 Å². The third-order valence-electron chi connectivity index (χ3n) is 16.4. The first-order chi connectivity index (χ1) is 37.2. The molecule has 0 aliphatic rings. The molecule has 0 heterocycles. The molecular weight excluding hydrogens is 915 g/mol. The lowest BCUT2D eigenvalue weighted by molar-refractivity contribution is -0.123. The maximum absolute atomic E-state index is 12.6. The predicted molar refractivity (Wildman–Crippen MR) is 336 cm³/mol. The Morgan fingerprint density at radius 3 is 0.813 bits per heavy atom. The molecule has 75 heavy (non-hydrogen) atoms. The number of allylic oxidation sites excluding steroid dienone is 6. The number of hydrogen-bond donors (Lipinski definition) is 3. The molecule has 0 rings (SSSR count). The molecule has 0 saturated carbocycles. The summed E-state index contributed by atoms with van der Waals surface area (Å²) in [6.07, 6.45) is 92.0. The molecule has 0 bridgehead atoms. The Hall–Kier alpha value is -1.39. The minimum absolute atomic E-state index is 0.0226. The monoisotopic (exact) mass is 1050 g/mol. The number of hydrogen-bond acceptors (Lipinski definition) is 3. The van der Waals surface area contributed by atoms with Crippen LogP contribution in [0.5, 0.6) is 0 Å². The highest BCUT2D eigenvalue weighted by Gasteiger charge is 2.20. The van der Waals surface area contributed by atoms with Gasteiger partial charge in [0.05, 0.1) is 18.8 Å². The summed E-state index contributed by atoms with van der Waals surface area (Å²) in [5, 5.41) is 23.5. The van der Waals surface area contributed by atoms with Gasteiger partial charge in [0.15, 0.2) is 0 Å². The molecule has 4 nitrogen and oxygen atoms in total. The van der Waals surface area contributed by atoms with E-state index >= 15 is 0 Å². The van der Waals surface area contributed by atoms with Gasteiger partial charge in [-0.3, -0.25) is 4.79 Å². The summed E-state index contributed by atoms with van der Waals surface area (Å²) in [6.45, 7) is 4.39. The number of aliphatic hydroxyl groups is 2. The molecule has 4 heteroatoms. The van der Waals surface area contributed by atoms with Gasteiger partial charge < -0.3 is 15.5 Å². The summed E-state index contributed by atoms with van der Waals surface area (Å²) in [5.74, 6) is -0.0226. The van der Waals surface area contributed by atoms with Crippen molar-refractivity contribution in [1.29, 1.82) is 0 Å². The molecule has 2 unspecified atom stereocenters. The highest BCUT2D eigenvalue weighted by atomic mass is 16.3. The standard InChI is InChI=1S/C71H137NO3/c1-3-5-7-9-11-13-15-17-19-21-23-25-27-29-31-32-33-34-35-36-37-38-39-40-41-43-45-47-49-51-53-55-57-59-61-63-65-67-71(75)72-69(68-73)70(74)66-64-62-60-58-56-54-52-50-48-46-44-42-30-28-26-24-22-20-18-16-14-12-10-8-6-4-2/h15,17,21,23,27,29,69-70,73-74H,3-14,16,18-20,22,24-26,28,30-68H2,1-2H3,(H,72,75)/b17-15-,23-21-,29-27-. The van der Waals surface area contributed by atoms with E-state index in [-0.39, 0.29) is 12.5 Å². The fraction of sp³-hybridized carbons (Fsp3) is 0.901. The van der Waals surface area contributed by atoms with E-state index in [2.05, 4.69) is 55.6 Å². The van der Waals surface area contributed by atoms with E-state index < -0.39 is 12.1 Å². The van der Waals surface area contributed by atoms with Crippen LogP contribution in [0, 0.1) is 0 Å². The summed E-state index contributed by atoms with van der Waals surface area (Å²) in [7, 11) is 0. The van der Waals surface area contributed by atoms with Crippen molar-refractivity contribution < 1.29 is 15.0 Å². The lowest BCUT2D eigenvalue weighted by Gasteiger charge is -2.22. The third-order valence-corrected chi connectivity index (χ3v) is 16.4. The molecule has 0 aromatic carbocycles. The lowest BCUT2D eigenvalue weighted by Crippen LogP contribution is -2.45. The molecular formula is C71H137NO3. The van der Waals surface area contributed by atoms with Crippen LogP contribution in [0.25, 0.3) is 0 Å². The van der Waals surface area contributed by atoms with Gasteiger partial charge in [0.2, 0.25) is 5.91 Å². The predicted octanol–water partition coefficient (Wildman–Crippen LogP) is 23.5. The van der Waals surface area contributed by atoms with Crippen LogP contribution in [0.4, 0.5) is 0 Å². The lowest BCUT2D eigenvalue weighted by atomic mass is 10.0. The first-order valence-electron chi connectivity index (χ1n) is 34.7. The van der Waals surface area contributed by atoms with Crippen molar-refractivity contribution >= 4 is 5.91 Å². The van der Waals surface area contributed by atoms with Crippen LogP contribution in [0.2, 0.25) is 0 Å². The van der Waals surface area contributed by atoms with E-state index in [1.807, 2.05) is 0 Å². The minimum atomic E-state index is -0.659. The van der Waals surface area contributed by atoms with Crippen molar-refractivity contribution in [1.82, 2.24) is 5.32 Å². The zero-order valence-corrected chi connectivity index (χ0v) is 51.3. The van der Waals surface area contributed by atoms with E-state index in [1.165, 1.54) is 327 Å². The minimum Gasteiger partial charge on any atom is -0.394 e. The Kier molecular flexibility index (Phi) is 65.6. The average Bonchev–Trinajstić information content (AvgIpc) is 3.41. The second kappa shape index (κ2) is 66.9. The van der Waals surface area contributed by atoms with Gasteiger partial charge in [-0.2, -0.15) is 0 Å². The maximum Gasteiger partial charge on any atom is 0.220 e. The van der Waals surface area contributed by atoms with E-state index in [9.17, 15) is 15.0 Å². The van der Waals surface area contributed by atoms with Crippen molar-refractivity contribution in [3.05, 3.63) is 36.5 Å². The van der Waals surface area contributed by atoms with Gasteiger partial charge in [-0.05, 0) is 51.4 Å². The van der Waals surface area contributed by atoms with Gasteiger partial charge >= 0.3 is 0 Å². The van der Waals surface area contributed by atoms with Gasteiger partial charge in [-0.1, -0.05) is 371 Å². The number of carbonyl (C=O) groups is 1. The first-order valence-corrected chi connectivity index (χ1v) is 34.7. The van der Waals surface area contributed by atoms with Crippen molar-refractivity contribution in [2.24, 2.45) is 0 Å². The zero-order chi connectivity index (χ0) is 54.1. The number of aliphatic hydroxyl groups excluding tert-OH is 2. The van der Waals surface area contributed by atoms with E-state index in [0.29, 0.717) is 12.8 Å². The van der Waals surface area contributed by atoms with Crippen LogP contribution < -0.4 is 5.32 Å². The molecule has 0 fully saturated rings. The Morgan fingerprint density at radius 2 is 0.547 bits per heavy atom. The number of rotatable bonds is 65. The molecule has 0 spiro atoms. The number of nitrogens with one attached hydrogen (secondary N) is 1. The van der Waals surface area contributed by atoms with E-state index in [0.717, 1.165) is 38.5 Å². The molecule has 1 amide bonds. The van der Waals surface area contributed by atoms with Crippen LogP contribution >= 0.6 is 0 Å². The summed E-state index contributed by atoms with van der Waals surface area (Å²) in [6, 6.07) is -0.536. The van der Waals surface area contributed by atoms with Gasteiger partial charge in [-0.25, -0.2) is 0 Å². The molecule has 2 atom stereocenters. The van der Waals surface area contributed by atoms with Crippen molar-refractivity contribution in [2.75, 3.05) is 6.61 Å². The van der Waals surface area contributed by atoms with E-state index in [4.69, 9.17) is 0 Å². The summed E-state index contributed by atoms with van der Waals surface area (Å²) < 4.78 is 0. The smallest absolute Gasteiger partial charge is 0.220 e.